The van der Waals surface area contributed by atoms with Gasteiger partial charge in [-0.15, -0.1) is 0 Å². The van der Waals surface area contributed by atoms with Crippen molar-refractivity contribution in [1.29, 1.82) is 0 Å². The van der Waals surface area contributed by atoms with Crippen LogP contribution >= 0.6 is 11.3 Å². The third-order valence-corrected chi connectivity index (χ3v) is 4.75. The smallest absolute Gasteiger partial charge is 0.252 e. The molecule has 0 saturated carbocycles. The van der Waals surface area contributed by atoms with E-state index in [0.717, 1.165) is 19.4 Å². The lowest BCUT2D eigenvalue weighted by atomic mass is 10.1. The van der Waals surface area contributed by atoms with Gasteiger partial charge in [-0.05, 0) is 29.9 Å². The van der Waals surface area contributed by atoms with E-state index in [1.54, 1.807) is 6.07 Å². The second kappa shape index (κ2) is 7.42. The lowest BCUT2D eigenvalue weighted by Crippen LogP contribution is -2.37. The quantitative estimate of drug-likeness (QED) is 0.886. The Bertz CT molecular complexity index is 655. The van der Waals surface area contributed by atoms with Gasteiger partial charge >= 0.3 is 0 Å². The Morgan fingerprint density at radius 3 is 2.83 bits per heavy atom. The van der Waals surface area contributed by atoms with E-state index in [4.69, 9.17) is 0 Å². The van der Waals surface area contributed by atoms with Gasteiger partial charge in [0.25, 0.3) is 5.91 Å². The number of nitrogens with one attached hydrogen (secondary N) is 1. The Hall–Kier alpha value is -2.14. The van der Waals surface area contributed by atoms with E-state index in [9.17, 15) is 9.59 Å². The summed E-state index contributed by atoms with van der Waals surface area (Å²) in [6.45, 7) is 1.36. The first kappa shape index (κ1) is 15.7. The molecule has 2 amide bonds. The number of rotatable bonds is 6. The van der Waals surface area contributed by atoms with E-state index in [2.05, 4.69) is 17.4 Å². The number of hydrogen-bond donors (Lipinski definition) is 1. The van der Waals surface area contributed by atoms with Gasteiger partial charge in [0.15, 0.2) is 0 Å². The highest BCUT2D eigenvalue weighted by atomic mass is 32.1. The molecule has 1 unspecified atom stereocenters. The van der Waals surface area contributed by atoms with E-state index in [0.29, 0.717) is 18.5 Å². The molecule has 1 aliphatic heterocycles. The molecule has 1 aliphatic rings. The fourth-order valence-electron chi connectivity index (χ4n) is 2.87. The molecule has 1 aromatic heterocycles. The summed E-state index contributed by atoms with van der Waals surface area (Å²) in [6.07, 6.45) is 2.32. The third-order valence-electron chi connectivity index (χ3n) is 4.07. The molecule has 0 spiro atoms. The van der Waals surface area contributed by atoms with E-state index >= 15 is 0 Å². The number of carbonyl (C=O) groups is 2. The van der Waals surface area contributed by atoms with Gasteiger partial charge in [0.2, 0.25) is 5.91 Å². The number of likely N-dealkylation sites (tertiary alicyclic amines) is 1. The van der Waals surface area contributed by atoms with Crippen LogP contribution in [0.1, 0.15) is 28.8 Å². The van der Waals surface area contributed by atoms with Crippen molar-refractivity contribution in [2.24, 2.45) is 0 Å². The molecule has 2 heterocycles. The minimum absolute atomic E-state index is 0.0772. The molecular weight excluding hydrogens is 308 g/mol. The van der Waals surface area contributed by atoms with Crippen LogP contribution in [0.2, 0.25) is 0 Å². The van der Waals surface area contributed by atoms with Crippen LogP contribution < -0.4 is 5.32 Å². The minimum atomic E-state index is -0.0878. The molecule has 0 radical (unpaired) electrons. The SMILES string of the molecule is O=C(NC1CC(=O)N(CCCc2ccccc2)C1)c1ccsc1. The molecule has 120 valence electrons. The van der Waals surface area contributed by atoms with Gasteiger partial charge in [-0.25, -0.2) is 0 Å². The van der Waals surface area contributed by atoms with E-state index in [-0.39, 0.29) is 17.9 Å². The first-order valence-electron chi connectivity index (χ1n) is 7.87. The summed E-state index contributed by atoms with van der Waals surface area (Å²) in [6, 6.07) is 12.0. The van der Waals surface area contributed by atoms with Crippen molar-refractivity contribution in [2.75, 3.05) is 13.1 Å². The third kappa shape index (κ3) is 4.20. The van der Waals surface area contributed by atoms with Gasteiger partial charge < -0.3 is 10.2 Å². The van der Waals surface area contributed by atoms with Crippen molar-refractivity contribution in [3.05, 3.63) is 58.3 Å². The average molecular weight is 328 g/mol. The van der Waals surface area contributed by atoms with Crippen molar-refractivity contribution in [3.63, 3.8) is 0 Å². The zero-order valence-electron chi connectivity index (χ0n) is 12.9. The normalized spacial score (nSPS) is 17.5. The molecular formula is C18H20N2O2S. The van der Waals surface area contributed by atoms with Crippen LogP contribution in [0.4, 0.5) is 0 Å². The fourth-order valence-corrected chi connectivity index (χ4v) is 3.50. The summed E-state index contributed by atoms with van der Waals surface area (Å²) in [4.78, 5) is 26.0. The average Bonchev–Trinajstić information content (AvgIpc) is 3.19. The molecule has 1 aromatic carbocycles. The van der Waals surface area contributed by atoms with Crippen molar-refractivity contribution >= 4 is 23.2 Å². The maximum absolute atomic E-state index is 12.1. The van der Waals surface area contributed by atoms with Gasteiger partial charge in [0, 0.05) is 30.5 Å². The zero-order chi connectivity index (χ0) is 16.1. The van der Waals surface area contributed by atoms with Gasteiger partial charge in [-0.2, -0.15) is 11.3 Å². The number of thiophene rings is 1. The summed E-state index contributed by atoms with van der Waals surface area (Å²) in [5.74, 6) is 0.0452. The molecule has 1 atom stereocenters. The molecule has 2 aromatic rings. The molecule has 23 heavy (non-hydrogen) atoms. The highest BCUT2D eigenvalue weighted by molar-refractivity contribution is 7.08. The first-order chi connectivity index (χ1) is 11.2. The van der Waals surface area contributed by atoms with Crippen molar-refractivity contribution in [2.45, 2.75) is 25.3 Å². The summed E-state index contributed by atoms with van der Waals surface area (Å²) >= 11 is 1.50. The van der Waals surface area contributed by atoms with Crippen LogP contribution in [0.3, 0.4) is 0 Å². The van der Waals surface area contributed by atoms with Crippen LogP contribution in [-0.4, -0.2) is 35.8 Å². The Balaban J connectivity index is 1.45. The summed E-state index contributed by atoms with van der Waals surface area (Å²) in [5, 5.41) is 6.66. The van der Waals surface area contributed by atoms with E-state index in [1.165, 1.54) is 16.9 Å². The Labute approximate surface area is 140 Å². The Kier molecular flexibility index (Phi) is 5.08. The maximum atomic E-state index is 12.1. The molecule has 1 saturated heterocycles. The highest BCUT2D eigenvalue weighted by Crippen LogP contribution is 2.14. The molecule has 0 bridgehead atoms. The number of aryl methyl sites for hydroxylation is 1. The molecule has 1 fully saturated rings. The molecule has 1 N–H and O–H groups in total. The number of amides is 2. The number of benzene rings is 1. The van der Waals surface area contributed by atoms with Crippen LogP contribution in [0.5, 0.6) is 0 Å². The predicted octanol–water partition coefficient (Wildman–Crippen LogP) is 2.71. The largest absolute Gasteiger partial charge is 0.347 e. The van der Waals surface area contributed by atoms with Gasteiger partial charge in [-0.3, -0.25) is 9.59 Å². The molecule has 4 nitrogen and oxygen atoms in total. The second-order valence-corrected chi connectivity index (χ2v) is 6.60. The zero-order valence-corrected chi connectivity index (χ0v) is 13.7. The number of nitrogens with zero attached hydrogens (tertiary/aromatic N) is 1. The predicted molar refractivity (Wildman–Crippen MR) is 91.5 cm³/mol. The van der Waals surface area contributed by atoms with Gasteiger partial charge in [-0.1, -0.05) is 30.3 Å². The first-order valence-corrected chi connectivity index (χ1v) is 8.81. The van der Waals surface area contributed by atoms with E-state index in [1.807, 2.05) is 33.9 Å². The van der Waals surface area contributed by atoms with Crippen LogP contribution in [0, 0.1) is 0 Å². The van der Waals surface area contributed by atoms with E-state index < -0.39 is 0 Å². The van der Waals surface area contributed by atoms with Crippen molar-refractivity contribution in [3.8, 4) is 0 Å². The molecule has 5 heteroatoms. The number of hydrogen-bond acceptors (Lipinski definition) is 3. The highest BCUT2D eigenvalue weighted by Gasteiger charge is 2.30. The number of carbonyl (C=O) groups excluding carboxylic acids is 2. The van der Waals surface area contributed by atoms with Crippen LogP contribution in [-0.2, 0) is 11.2 Å². The molecule has 3 rings (SSSR count). The second-order valence-electron chi connectivity index (χ2n) is 5.82. The Morgan fingerprint density at radius 1 is 1.26 bits per heavy atom. The standard InChI is InChI=1S/C18H20N2O2S/c21-17-11-16(19-18(22)15-8-10-23-13-15)12-20(17)9-4-7-14-5-2-1-3-6-14/h1-3,5-6,8,10,13,16H,4,7,9,11-12H2,(H,19,22). The lowest BCUT2D eigenvalue weighted by molar-refractivity contribution is -0.127. The lowest BCUT2D eigenvalue weighted by Gasteiger charge is -2.17. The summed E-state index contributed by atoms with van der Waals surface area (Å²) in [5.41, 5.74) is 1.96. The monoisotopic (exact) mass is 328 g/mol. The van der Waals surface area contributed by atoms with Crippen molar-refractivity contribution in [1.82, 2.24) is 10.2 Å². The van der Waals surface area contributed by atoms with Gasteiger partial charge in [0.1, 0.15) is 0 Å². The van der Waals surface area contributed by atoms with Gasteiger partial charge in [0.05, 0.1) is 6.04 Å². The fraction of sp³-hybridized carbons (Fsp3) is 0.333. The summed E-state index contributed by atoms with van der Waals surface area (Å²) in [7, 11) is 0. The van der Waals surface area contributed by atoms with Crippen LogP contribution in [0.25, 0.3) is 0 Å². The van der Waals surface area contributed by atoms with Crippen LogP contribution in [0.15, 0.2) is 47.2 Å². The summed E-state index contributed by atoms with van der Waals surface area (Å²) < 4.78 is 0. The van der Waals surface area contributed by atoms with Crippen molar-refractivity contribution < 1.29 is 9.59 Å². The Morgan fingerprint density at radius 2 is 2.09 bits per heavy atom. The topological polar surface area (TPSA) is 49.4 Å². The minimum Gasteiger partial charge on any atom is -0.347 e. The maximum Gasteiger partial charge on any atom is 0.252 e. The molecule has 0 aliphatic carbocycles.